The number of aromatic nitrogens is 1. The molecule has 0 atom stereocenters. The first-order chi connectivity index (χ1) is 12.9. The number of nitrogens with one attached hydrogen (secondary N) is 2. The lowest BCUT2D eigenvalue weighted by atomic mass is 10.3. The van der Waals surface area contributed by atoms with Crippen LogP contribution in [0.15, 0.2) is 47.4 Å². The van der Waals surface area contributed by atoms with E-state index in [-0.39, 0.29) is 23.8 Å². The van der Waals surface area contributed by atoms with Gasteiger partial charge in [-0.1, -0.05) is 11.3 Å². The molecule has 1 aromatic heterocycles. The summed E-state index contributed by atoms with van der Waals surface area (Å²) < 4.78 is 45.3. The van der Waals surface area contributed by atoms with E-state index in [1.54, 1.807) is 19.2 Å². The third-order valence-corrected chi connectivity index (χ3v) is 6.02. The summed E-state index contributed by atoms with van der Waals surface area (Å²) in [5.74, 6) is -0.205. The van der Waals surface area contributed by atoms with Crippen molar-refractivity contribution in [1.82, 2.24) is 9.71 Å². The maximum atomic E-state index is 12.9. The number of hydrogen-bond donors (Lipinski definition) is 2. The van der Waals surface area contributed by atoms with Crippen LogP contribution >= 0.6 is 11.3 Å². The SMILES string of the molecule is COc1ccc2nc(NC(=O)CCNS(=O)(=O)c3ccc(F)cc3)sc2c1. The Hall–Kier alpha value is -2.56. The van der Waals surface area contributed by atoms with Crippen LogP contribution in [0.25, 0.3) is 10.2 Å². The summed E-state index contributed by atoms with van der Waals surface area (Å²) in [6, 6.07) is 9.82. The van der Waals surface area contributed by atoms with Crippen molar-refractivity contribution in [3.63, 3.8) is 0 Å². The zero-order valence-corrected chi connectivity index (χ0v) is 15.9. The van der Waals surface area contributed by atoms with Gasteiger partial charge in [0.15, 0.2) is 5.13 Å². The number of amides is 1. The number of halogens is 1. The quantitative estimate of drug-likeness (QED) is 0.625. The highest BCUT2D eigenvalue weighted by Gasteiger charge is 2.15. The van der Waals surface area contributed by atoms with Crippen LogP contribution in [0.2, 0.25) is 0 Å². The van der Waals surface area contributed by atoms with Gasteiger partial charge in [-0.25, -0.2) is 22.5 Å². The Kier molecular flexibility index (Phi) is 5.68. The summed E-state index contributed by atoms with van der Waals surface area (Å²) in [7, 11) is -2.23. The Morgan fingerprint density at radius 2 is 1.96 bits per heavy atom. The van der Waals surface area contributed by atoms with Crippen molar-refractivity contribution in [2.45, 2.75) is 11.3 Å². The molecule has 0 unspecified atom stereocenters. The van der Waals surface area contributed by atoms with Crippen LogP contribution < -0.4 is 14.8 Å². The van der Waals surface area contributed by atoms with Crippen LogP contribution in [-0.4, -0.2) is 33.0 Å². The summed E-state index contributed by atoms with van der Waals surface area (Å²) in [4.78, 5) is 16.3. The van der Waals surface area contributed by atoms with Gasteiger partial charge in [-0.15, -0.1) is 0 Å². The van der Waals surface area contributed by atoms with Gasteiger partial charge in [-0.05, 0) is 42.5 Å². The summed E-state index contributed by atoms with van der Waals surface area (Å²) in [5.41, 5.74) is 0.730. The van der Waals surface area contributed by atoms with Crippen molar-refractivity contribution < 1.29 is 22.3 Å². The number of methoxy groups -OCH3 is 1. The van der Waals surface area contributed by atoms with Crippen molar-refractivity contribution in [2.75, 3.05) is 19.0 Å². The van der Waals surface area contributed by atoms with E-state index in [1.807, 2.05) is 6.07 Å². The van der Waals surface area contributed by atoms with Crippen molar-refractivity contribution in [2.24, 2.45) is 0 Å². The highest BCUT2D eigenvalue weighted by molar-refractivity contribution is 7.89. The second-order valence-electron chi connectivity index (χ2n) is 5.50. The van der Waals surface area contributed by atoms with E-state index >= 15 is 0 Å². The van der Waals surface area contributed by atoms with Crippen molar-refractivity contribution in [1.29, 1.82) is 0 Å². The lowest BCUT2D eigenvalue weighted by molar-refractivity contribution is -0.116. The van der Waals surface area contributed by atoms with Gasteiger partial charge in [0.1, 0.15) is 11.6 Å². The molecule has 3 aromatic rings. The molecule has 3 rings (SSSR count). The van der Waals surface area contributed by atoms with Gasteiger partial charge in [-0.3, -0.25) is 4.79 Å². The minimum absolute atomic E-state index is 0.0653. The van der Waals surface area contributed by atoms with Gasteiger partial charge in [0.2, 0.25) is 15.9 Å². The number of rotatable bonds is 7. The molecule has 2 N–H and O–H groups in total. The third kappa shape index (κ3) is 4.79. The molecular weight excluding hydrogens is 393 g/mol. The maximum absolute atomic E-state index is 12.9. The number of ether oxygens (including phenoxy) is 1. The van der Waals surface area contributed by atoms with Crippen LogP contribution in [0.1, 0.15) is 6.42 Å². The highest BCUT2D eigenvalue weighted by Crippen LogP contribution is 2.29. The Bertz CT molecular complexity index is 1070. The first-order valence-corrected chi connectivity index (χ1v) is 10.2. The Labute approximate surface area is 159 Å². The molecule has 0 radical (unpaired) electrons. The van der Waals surface area contributed by atoms with Crippen LogP contribution in [0.3, 0.4) is 0 Å². The molecule has 0 aliphatic heterocycles. The lowest BCUT2D eigenvalue weighted by Gasteiger charge is -2.06. The molecule has 2 aromatic carbocycles. The molecule has 1 heterocycles. The third-order valence-electron chi connectivity index (χ3n) is 3.61. The van der Waals surface area contributed by atoms with Crippen LogP contribution in [0.5, 0.6) is 5.75 Å². The van der Waals surface area contributed by atoms with Crippen molar-refractivity contribution in [3.05, 3.63) is 48.3 Å². The molecule has 0 saturated heterocycles. The van der Waals surface area contributed by atoms with Crippen LogP contribution in [0, 0.1) is 5.82 Å². The molecule has 0 saturated carbocycles. The fourth-order valence-corrected chi connectivity index (χ4v) is 4.21. The van der Waals surface area contributed by atoms with Gasteiger partial charge in [-0.2, -0.15) is 0 Å². The summed E-state index contributed by atoms with van der Waals surface area (Å²) in [5, 5.41) is 3.07. The lowest BCUT2D eigenvalue weighted by Crippen LogP contribution is -2.27. The van der Waals surface area contributed by atoms with Gasteiger partial charge in [0.05, 0.1) is 22.2 Å². The molecule has 0 aliphatic rings. The smallest absolute Gasteiger partial charge is 0.240 e. The van der Waals surface area contributed by atoms with E-state index in [9.17, 15) is 17.6 Å². The monoisotopic (exact) mass is 409 g/mol. The number of hydrogen-bond acceptors (Lipinski definition) is 6. The number of fused-ring (bicyclic) bond motifs is 1. The zero-order valence-electron chi connectivity index (χ0n) is 14.2. The van der Waals surface area contributed by atoms with Gasteiger partial charge >= 0.3 is 0 Å². The van der Waals surface area contributed by atoms with E-state index < -0.39 is 15.8 Å². The minimum atomic E-state index is -3.80. The predicted octanol–water partition coefficient (Wildman–Crippen LogP) is 2.75. The first kappa shape index (κ1) is 19.2. The molecule has 0 bridgehead atoms. The molecule has 0 fully saturated rings. The molecule has 27 heavy (non-hydrogen) atoms. The first-order valence-electron chi connectivity index (χ1n) is 7.87. The maximum Gasteiger partial charge on any atom is 0.240 e. The average molecular weight is 409 g/mol. The topological polar surface area (TPSA) is 97.4 Å². The number of nitrogens with zero attached hydrogens (tertiary/aromatic N) is 1. The fraction of sp³-hybridized carbons (Fsp3) is 0.176. The van der Waals surface area contributed by atoms with E-state index in [1.165, 1.54) is 11.3 Å². The number of thiazole rings is 1. The molecular formula is C17H16FN3O4S2. The second kappa shape index (κ2) is 7.99. The number of anilines is 1. The Balaban J connectivity index is 1.56. The molecule has 10 heteroatoms. The van der Waals surface area contributed by atoms with Crippen molar-refractivity contribution in [3.8, 4) is 5.75 Å². The molecule has 1 amide bonds. The number of benzene rings is 2. The van der Waals surface area contributed by atoms with Crippen molar-refractivity contribution >= 4 is 42.6 Å². The minimum Gasteiger partial charge on any atom is -0.497 e. The molecule has 0 aliphatic carbocycles. The summed E-state index contributed by atoms with van der Waals surface area (Å²) in [6.07, 6.45) is -0.0698. The van der Waals surface area contributed by atoms with E-state index in [0.717, 1.165) is 34.5 Å². The molecule has 0 spiro atoms. The number of carbonyl (C=O) groups excluding carboxylic acids is 1. The van der Waals surface area contributed by atoms with E-state index in [2.05, 4.69) is 15.0 Å². The van der Waals surface area contributed by atoms with Gasteiger partial charge < -0.3 is 10.1 Å². The summed E-state index contributed by atoms with van der Waals surface area (Å²) in [6.45, 7) is -0.0930. The van der Waals surface area contributed by atoms with E-state index in [0.29, 0.717) is 10.9 Å². The Morgan fingerprint density at radius 1 is 1.22 bits per heavy atom. The zero-order chi connectivity index (χ0) is 19.4. The highest BCUT2D eigenvalue weighted by atomic mass is 32.2. The van der Waals surface area contributed by atoms with Crippen LogP contribution in [0.4, 0.5) is 9.52 Å². The number of carbonyl (C=O) groups is 1. The molecule has 142 valence electrons. The largest absolute Gasteiger partial charge is 0.497 e. The Morgan fingerprint density at radius 3 is 2.67 bits per heavy atom. The fourth-order valence-electron chi connectivity index (χ4n) is 2.26. The normalized spacial score (nSPS) is 11.5. The van der Waals surface area contributed by atoms with Gasteiger partial charge in [0, 0.05) is 13.0 Å². The predicted molar refractivity (Wildman–Crippen MR) is 101 cm³/mol. The number of sulfonamides is 1. The van der Waals surface area contributed by atoms with Gasteiger partial charge in [0.25, 0.3) is 0 Å². The standard InChI is InChI=1S/C17H16FN3O4S2/c1-25-12-4-7-14-15(10-12)26-17(20-14)21-16(22)8-9-19-27(23,24)13-5-2-11(18)3-6-13/h2-7,10,19H,8-9H2,1H3,(H,20,21,22). The molecule has 7 nitrogen and oxygen atoms in total. The second-order valence-corrected chi connectivity index (χ2v) is 8.30. The summed E-state index contributed by atoms with van der Waals surface area (Å²) >= 11 is 1.30. The average Bonchev–Trinajstić information content (AvgIpc) is 3.02. The van der Waals surface area contributed by atoms with Crippen LogP contribution in [-0.2, 0) is 14.8 Å². The van der Waals surface area contributed by atoms with E-state index in [4.69, 9.17) is 4.74 Å².